The van der Waals surface area contributed by atoms with E-state index in [1.54, 1.807) is 6.07 Å². The SMILES string of the molecule is CC(=O)Nc1ccc2nc(NC(=O)CN3CC[C@H]4[C@@H]3CCCC(=O)N4Cc3ccccc3)sc2c1. The summed E-state index contributed by atoms with van der Waals surface area (Å²) in [6.45, 7) is 3.16. The molecule has 1 aromatic heterocycles. The molecule has 182 valence electrons. The summed E-state index contributed by atoms with van der Waals surface area (Å²) in [5.74, 6) is -0.0217. The fraction of sp³-hybridized carbons (Fsp3) is 0.385. The van der Waals surface area contributed by atoms with Gasteiger partial charge in [0.25, 0.3) is 0 Å². The minimum atomic E-state index is -0.131. The normalized spacial score (nSPS) is 20.5. The predicted molar refractivity (Wildman–Crippen MR) is 137 cm³/mol. The van der Waals surface area contributed by atoms with Crippen molar-refractivity contribution in [2.45, 2.75) is 51.2 Å². The smallest absolute Gasteiger partial charge is 0.240 e. The number of nitrogens with zero attached hydrogens (tertiary/aromatic N) is 3. The first-order valence-electron chi connectivity index (χ1n) is 12.0. The standard InChI is InChI=1S/C26H29N5O3S/c1-17(32)27-19-10-11-20-23(14-19)35-26(28-20)29-24(33)16-30-13-12-22-21(30)8-5-9-25(34)31(22)15-18-6-3-2-4-7-18/h2-4,6-7,10-11,14,21-22H,5,8-9,12-13,15-16H2,1H3,(H,27,32)(H,28,29,33)/t21-,22-/m0/s1. The summed E-state index contributed by atoms with van der Waals surface area (Å²) in [4.78, 5) is 45.9. The van der Waals surface area contributed by atoms with Crippen molar-refractivity contribution in [2.75, 3.05) is 23.7 Å². The van der Waals surface area contributed by atoms with E-state index >= 15 is 0 Å². The number of hydrogen-bond acceptors (Lipinski definition) is 6. The van der Waals surface area contributed by atoms with Crippen molar-refractivity contribution in [1.82, 2.24) is 14.8 Å². The first-order valence-corrected chi connectivity index (χ1v) is 12.8. The maximum atomic E-state index is 12.9. The molecule has 2 N–H and O–H groups in total. The van der Waals surface area contributed by atoms with Gasteiger partial charge in [0.15, 0.2) is 5.13 Å². The van der Waals surface area contributed by atoms with Crippen LogP contribution in [0.4, 0.5) is 10.8 Å². The van der Waals surface area contributed by atoms with Crippen LogP contribution in [-0.4, -0.2) is 57.7 Å². The van der Waals surface area contributed by atoms with Crippen molar-refractivity contribution in [3.8, 4) is 0 Å². The number of carbonyl (C=O) groups is 3. The second-order valence-electron chi connectivity index (χ2n) is 9.22. The monoisotopic (exact) mass is 491 g/mol. The lowest BCUT2D eigenvalue weighted by atomic mass is 10.0. The van der Waals surface area contributed by atoms with Crippen LogP contribution in [0.25, 0.3) is 10.2 Å². The third-order valence-corrected chi connectivity index (χ3v) is 7.67. The molecule has 2 aliphatic rings. The van der Waals surface area contributed by atoms with Gasteiger partial charge < -0.3 is 15.5 Å². The lowest BCUT2D eigenvalue weighted by Gasteiger charge is -2.33. The van der Waals surface area contributed by atoms with E-state index in [-0.39, 0.29) is 36.3 Å². The second kappa shape index (κ2) is 10.1. The molecule has 0 radical (unpaired) electrons. The van der Waals surface area contributed by atoms with E-state index in [9.17, 15) is 14.4 Å². The first kappa shape index (κ1) is 23.4. The molecule has 2 fully saturated rings. The Labute approximate surface area is 208 Å². The molecular formula is C26H29N5O3S. The number of likely N-dealkylation sites (tertiary alicyclic amines) is 2. The zero-order valence-corrected chi connectivity index (χ0v) is 20.5. The van der Waals surface area contributed by atoms with Gasteiger partial charge >= 0.3 is 0 Å². The van der Waals surface area contributed by atoms with E-state index < -0.39 is 0 Å². The number of thiazole rings is 1. The van der Waals surface area contributed by atoms with Crippen molar-refractivity contribution in [3.05, 3.63) is 54.1 Å². The lowest BCUT2D eigenvalue weighted by Crippen LogP contribution is -2.47. The summed E-state index contributed by atoms with van der Waals surface area (Å²) in [6.07, 6.45) is 3.20. The molecule has 2 aliphatic heterocycles. The molecule has 8 nitrogen and oxygen atoms in total. The summed E-state index contributed by atoms with van der Waals surface area (Å²) in [5, 5.41) is 6.26. The number of rotatable bonds is 6. The molecule has 0 spiro atoms. The summed E-state index contributed by atoms with van der Waals surface area (Å²) >= 11 is 1.39. The molecule has 2 atom stereocenters. The number of amides is 3. The highest BCUT2D eigenvalue weighted by molar-refractivity contribution is 7.22. The fourth-order valence-electron chi connectivity index (χ4n) is 5.21. The largest absolute Gasteiger partial charge is 0.334 e. The third-order valence-electron chi connectivity index (χ3n) is 6.73. The molecule has 3 heterocycles. The van der Waals surface area contributed by atoms with Gasteiger partial charge in [-0.15, -0.1) is 0 Å². The van der Waals surface area contributed by atoms with Gasteiger partial charge in [-0.2, -0.15) is 0 Å². The third kappa shape index (κ3) is 5.36. The average Bonchev–Trinajstić information content (AvgIpc) is 3.36. The van der Waals surface area contributed by atoms with Crippen molar-refractivity contribution >= 4 is 50.1 Å². The van der Waals surface area contributed by atoms with Gasteiger partial charge in [-0.25, -0.2) is 4.98 Å². The van der Waals surface area contributed by atoms with E-state index in [0.717, 1.165) is 41.6 Å². The summed E-state index contributed by atoms with van der Waals surface area (Å²) in [5.41, 5.74) is 2.62. The van der Waals surface area contributed by atoms with Crippen molar-refractivity contribution in [3.63, 3.8) is 0 Å². The van der Waals surface area contributed by atoms with Gasteiger partial charge in [-0.1, -0.05) is 41.7 Å². The summed E-state index contributed by atoms with van der Waals surface area (Å²) in [7, 11) is 0. The number of hydrogen-bond donors (Lipinski definition) is 2. The zero-order valence-electron chi connectivity index (χ0n) is 19.7. The minimum absolute atomic E-state index is 0.100. The van der Waals surface area contributed by atoms with Gasteiger partial charge in [-0.3, -0.25) is 19.3 Å². The molecule has 0 aliphatic carbocycles. The molecule has 2 aromatic carbocycles. The van der Waals surface area contributed by atoms with Gasteiger partial charge in [0.1, 0.15) is 0 Å². The molecule has 9 heteroatoms. The lowest BCUT2D eigenvalue weighted by molar-refractivity contribution is -0.133. The number of anilines is 2. The summed E-state index contributed by atoms with van der Waals surface area (Å²) in [6, 6.07) is 15.9. The van der Waals surface area contributed by atoms with Crippen LogP contribution in [0.2, 0.25) is 0 Å². The highest BCUT2D eigenvalue weighted by Crippen LogP contribution is 2.32. The van der Waals surface area contributed by atoms with Gasteiger partial charge in [0, 0.05) is 44.2 Å². The molecule has 0 saturated carbocycles. The quantitative estimate of drug-likeness (QED) is 0.546. The van der Waals surface area contributed by atoms with E-state index in [1.807, 2.05) is 35.2 Å². The molecule has 5 rings (SSSR count). The van der Waals surface area contributed by atoms with Crippen LogP contribution >= 0.6 is 11.3 Å². The Morgan fingerprint density at radius 3 is 2.71 bits per heavy atom. The van der Waals surface area contributed by atoms with Crippen LogP contribution in [0.1, 0.15) is 38.2 Å². The molecule has 3 amide bonds. The van der Waals surface area contributed by atoms with Crippen molar-refractivity contribution in [2.24, 2.45) is 0 Å². The predicted octanol–water partition coefficient (Wildman–Crippen LogP) is 3.85. The summed E-state index contributed by atoms with van der Waals surface area (Å²) < 4.78 is 0.895. The van der Waals surface area contributed by atoms with Crippen LogP contribution in [0.5, 0.6) is 0 Å². The molecule has 0 bridgehead atoms. The Bertz CT molecular complexity index is 1240. The maximum Gasteiger partial charge on any atom is 0.240 e. The first-order chi connectivity index (χ1) is 17.0. The van der Waals surface area contributed by atoms with E-state index in [4.69, 9.17) is 0 Å². The van der Waals surface area contributed by atoms with Crippen molar-refractivity contribution in [1.29, 1.82) is 0 Å². The van der Waals surface area contributed by atoms with Gasteiger partial charge in [0.05, 0.1) is 16.8 Å². The van der Waals surface area contributed by atoms with Crippen LogP contribution < -0.4 is 10.6 Å². The van der Waals surface area contributed by atoms with Crippen molar-refractivity contribution < 1.29 is 14.4 Å². The van der Waals surface area contributed by atoms with Crippen LogP contribution in [-0.2, 0) is 20.9 Å². The Hall–Kier alpha value is -3.30. The average molecular weight is 492 g/mol. The maximum absolute atomic E-state index is 12.9. The molecule has 35 heavy (non-hydrogen) atoms. The Morgan fingerprint density at radius 1 is 1.09 bits per heavy atom. The van der Waals surface area contributed by atoms with Crippen LogP contribution in [0.15, 0.2) is 48.5 Å². The van der Waals surface area contributed by atoms with E-state index in [1.165, 1.54) is 18.3 Å². The number of nitrogens with one attached hydrogen (secondary N) is 2. The minimum Gasteiger partial charge on any atom is -0.334 e. The second-order valence-corrected chi connectivity index (χ2v) is 10.3. The number of aromatic nitrogens is 1. The Morgan fingerprint density at radius 2 is 1.91 bits per heavy atom. The zero-order chi connectivity index (χ0) is 24.4. The number of fused-ring (bicyclic) bond motifs is 2. The van der Waals surface area contributed by atoms with Crippen LogP contribution in [0.3, 0.4) is 0 Å². The topological polar surface area (TPSA) is 94.6 Å². The van der Waals surface area contributed by atoms with Gasteiger partial charge in [-0.05, 0) is 43.0 Å². The van der Waals surface area contributed by atoms with Gasteiger partial charge in [0.2, 0.25) is 17.7 Å². The fourth-order valence-corrected chi connectivity index (χ4v) is 6.13. The highest BCUT2D eigenvalue weighted by Gasteiger charge is 2.41. The highest BCUT2D eigenvalue weighted by atomic mass is 32.1. The molecule has 2 saturated heterocycles. The van der Waals surface area contributed by atoms with E-state index in [0.29, 0.717) is 23.8 Å². The molecular weight excluding hydrogens is 462 g/mol. The van der Waals surface area contributed by atoms with Crippen LogP contribution in [0, 0.1) is 0 Å². The molecule has 3 aromatic rings. The number of carbonyl (C=O) groups excluding carboxylic acids is 3. The Kier molecular flexibility index (Phi) is 6.79. The Balaban J connectivity index is 1.24. The number of benzene rings is 2. The molecule has 0 unspecified atom stereocenters. The van der Waals surface area contributed by atoms with E-state index in [2.05, 4.69) is 32.7 Å².